The number of fused-ring (bicyclic) bond motifs is 1. The Morgan fingerprint density at radius 3 is 2.25 bits per heavy atom. The molecule has 1 heterocycles. The Kier molecular flexibility index (Phi) is 3.95. The summed E-state index contributed by atoms with van der Waals surface area (Å²) in [6.07, 6.45) is 0. The first-order valence-corrected chi connectivity index (χ1v) is 7.34. The van der Waals surface area contributed by atoms with Gasteiger partial charge in [0.2, 0.25) is 5.75 Å². The maximum Gasteiger partial charge on any atom is 0.203 e. The fourth-order valence-corrected chi connectivity index (χ4v) is 3.05. The Bertz CT molecular complexity index is 1000. The quantitative estimate of drug-likeness (QED) is 0.634. The third-order valence-corrected chi connectivity index (χ3v) is 4.00. The molecule has 6 nitrogen and oxygen atoms in total. The molecule has 0 aliphatic carbocycles. The minimum Gasteiger partial charge on any atom is -0.508 e. The second-order valence-electron chi connectivity index (χ2n) is 4.91. The summed E-state index contributed by atoms with van der Waals surface area (Å²) in [7, 11) is 1.24. The summed E-state index contributed by atoms with van der Waals surface area (Å²) >= 11 is 12.1. The fourth-order valence-electron chi connectivity index (χ4n) is 2.39. The van der Waals surface area contributed by atoms with E-state index < -0.39 is 16.9 Å². The zero-order chi connectivity index (χ0) is 17.6. The maximum absolute atomic E-state index is 12.4. The predicted octanol–water partition coefficient (Wildman–Crippen LogP) is 3.89. The highest BCUT2D eigenvalue weighted by molar-refractivity contribution is 6.39. The Balaban J connectivity index is 2.36. The van der Waals surface area contributed by atoms with E-state index in [1.54, 1.807) is 0 Å². The number of benzene rings is 2. The van der Waals surface area contributed by atoms with Gasteiger partial charge in [-0.1, -0.05) is 23.2 Å². The number of hydrogen-bond donors (Lipinski definition) is 3. The van der Waals surface area contributed by atoms with Crippen LogP contribution in [0.2, 0.25) is 10.0 Å². The van der Waals surface area contributed by atoms with Crippen molar-refractivity contribution in [1.29, 1.82) is 0 Å². The Morgan fingerprint density at radius 2 is 1.67 bits per heavy atom. The summed E-state index contributed by atoms with van der Waals surface area (Å²) in [6.45, 7) is 0. The zero-order valence-corrected chi connectivity index (χ0v) is 13.6. The molecule has 0 unspecified atom stereocenters. The third-order valence-electron chi connectivity index (χ3n) is 3.40. The lowest BCUT2D eigenvalue weighted by Gasteiger charge is -2.11. The molecule has 0 bridgehead atoms. The van der Waals surface area contributed by atoms with Crippen LogP contribution in [-0.2, 0) is 0 Å². The van der Waals surface area contributed by atoms with E-state index in [0.29, 0.717) is 0 Å². The van der Waals surface area contributed by atoms with Gasteiger partial charge in [0.25, 0.3) is 0 Å². The zero-order valence-electron chi connectivity index (χ0n) is 12.1. The number of hydrogen-bond acceptors (Lipinski definition) is 6. The highest BCUT2D eigenvalue weighted by Crippen LogP contribution is 2.43. The first-order chi connectivity index (χ1) is 11.3. The normalized spacial score (nSPS) is 11.0. The van der Waals surface area contributed by atoms with Gasteiger partial charge in [-0.2, -0.15) is 0 Å². The van der Waals surface area contributed by atoms with E-state index in [2.05, 4.69) is 0 Å². The van der Waals surface area contributed by atoms with Crippen LogP contribution in [0.3, 0.4) is 0 Å². The van der Waals surface area contributed by atoms with Crippen LogP contribution >= 0.6 is 23.2 Å². The lowest BCUT2D eigenvalue weighted by molar-refractivity contribution is 0.346. The molecule has 3 N–H and O–H groups in total. The average molecular weight is 369 g/mol. The van der Waals surface area contributed by atoms with Gasteiger partial charge in [-0.25, -0.2) is 0 Å². The predicted molar refractivity (Wildman–Crippen MR) is 89.5 cm³/mol. The minimum atomic E-state index is -0.581. The molecule has 3 rings (SSSR count). The number of ether oxygens (including phenoxy) is 1. The molecule has 2 aromatic carbocycles. The van der Waals surface area contributed by atoms with E-state index in [1.807, 2.05) is 0 Å². The molecule has 0 fully saturated rings. The van der Waals surface area contributed by atoms with Gasteiger partial charge >= 0.3 is 0 Å². The molecule has 3 aromatic rings. The van der Waals surface area contributed by atoms with E-state index in [-0.39, 0.29) is 43.8 Å². The summed E-state index contributed by atoms with van der Waals surface area (Å²) in [5.41, 5.74) is -0.458. The maximum atomic E-state index is 12.4. The lowest BCUT2D eigenvalue weighted by Crippen LogP contribution is -2.02. The van der Waals surface area contributed by atoms with Crippen LogP contribution in [0.15, 0.2) is 33.5 Å². The number of methoxy groups -OCH3 is 1. The van der Waals surface area contributed by atoms with Gasteiger partial charge < -0.3 is 24.5 Å². The molecule has 0 spiro atoms. The molecule has 0 saturated heterocycles. The van der Waals surface area contributed by atoms with Crippen molar-refractivity contribution in [3.8, 4) is 34.3 Å². The number of rotatable bonds is 2. The largest absolute Gasteiger partial charge is 0.508 e. The molecule has 0 amide bonds. The van der Waals surface area contributed by atoms with Crippen LogP contribution in [-0.4, -0.2) is 22.4 Å². The molecule has 24 heavy (non-hydrogen) atoms. The van der Waals surface area contributed by atoms with Crippen molar-refractivity contribution in [2.45, 2.75) is 0 Å². The molecule has 8 heteroatoms. The van der Waals surface area contributed by atoms with Crippen LogP contribution in [0.25, 0.3) is 22.3 Å². The SMILES string of the molecule is COc1c(O)cc2oc(-c3c(Cl)cc(O)cc3Cl)cc(=O)c2c1O. The molecule has 1 aromatic heterocycles. The topological polar surface area (TPSA) is 100 Å². The number of phenolic OH excluding ortho intramolecular Hbond substituents is 3. The van der Waals surface area contributed by atoms with Crippen molar-refractivity contribution in [3.63, 3.8) is 0 Å². The fraction of sp³-hybridized carbons (Fsp3) is 0.0625. The smallest absolute Gasteiger partial charge is 0.203 e. The molecule has 124 valence electrons. The minimum absolute atomic E-state index is 0.0199. The molecule has 0 aliphatic rings. The third kappa shape index (κ3) is 2.50. The van der Waals surface area contributed by atoms with Gasteiger partial charge in [0.05, 0.1) is 22.7 Å². The second-order valence-corrected chi connectivity index (χ2v) is 5.72. The Hall–Kier alpha value is -2.57. The molecule has 0 aliphatic heterocycles. The van der Waals surface area contributed by atoms with Gasteiger partial charge in [-0.3, -0.25) is 4.79 Å². The number of halogens is 2. The van der Waals surface area contributed by atoms with Crippen LogP contribution < -0.4 is 10.2 Å². The first-order valence-electron chi connectivity index (χ1n) is 6.58. The highest BCUT2D eigenvalue weighted by atomic mass is 35.5. The van der Waals surface area contributed by atoms with Crippen molar-refractivity contribution in [3.05, 3.63) is 44.5 Å². The van der Waals surface area contributed by atoms with Crippen LogP contribution in [0.5, 0.6) is 23.0 Å². The Labute approximate surface area is 145 Å². The number of phenols is 3. The van der Waals surface area contributed by atoms with Crippen molar-refractivity contribution >= 4 is 34.2 Å². The summed E-state index contributed by atoms with van der Waals surface area (Å²) in [6, 6.07) is 4.73. The van der Waals surface area contributed by atoms with Crippen molar-refractivity contribution in [2.24, 2.45) is 0 Å². The van der Waals surface area contributed by atoms with Crippen molar-refractivity contribution in [1.82, 2.24) is 0 Å². The summed E-state index contributed by atoms with van der Waals surface area (Å²) in [5.74, 6) is -1.28. The second kappa shape index (κ2) is 5.81. The molecule has 0 atom stereocenters. The number of aromatic hydroxyl groups is 3. The summed E-state index contributed by atoms with van der Waals surface area (Å²) in [4.78, 5) is 12.4. The van der Waals surface area contributed by atoms with Gasteiger partial charge in [-0.05, 0) is 12.1 Å². The van der Waals surface area contributed by atoms with E-state index in [9.17, 15) is 20.1 Å². The van der Waals surface area contributed by atoms with E-state index in [1.165, 1.54) is 19.2 Å². The molecule has 0 saturated carbocycles. The summed E-state index contributed by atoms with van der Waals surface area (Å²) < 4.78 is 10.4. The summed E-state index contributed by atoms with van der Waals surface area (Å²) in [5, 5.41) is 29.4. The van der Waals surface area contributed by atoms with Crippen molar-refractivity contribution < 1.29 is 24.5 Å². The van der Waals surface area contributed by atoms with E-state index in [0.717, 1.165) is 12.1 Å². The molecular weight excluding hydrogens is 359 g/mol. The van der Waals surface area contributed by atoms with Crippen molar-refractivity contribution in [2.75, 3.05) is 7.11 Å². The standard InChI is InChI=1S/C16H10Cl2O6/c1-23-16-10(21)5-12-14(15(16)22)9(20)4-11(24-12)13-7(17)2-6(19)3-8(13)18/h2-5,19,21-22H,1H3. The lowest BCUT2D eigenvalue weighted by atomic mass is 10.1. The molecular formula is C16H10Cl2O6. The van der Waals surface area contributed by atoms with Crippen LogP contribution in [0.1, 0.15) is 0 Å². The van der Waals surface area contributed by atoms with Gasteiger partial charge in [0, 0.05) is 12.1 Å². The average Bonchev–Trinajstić information content (AvgIpc) is 2.45. The highest BCUT2D eigenvalue weighted by Gasteiger charge is 2.20. The van der Waals surface area contributed by atoms with Gasteiger partial charge in [0.1, 0.15) is 22.5 Å². The monoisotopic (exact) mass is 368 g/mol. The molecule has 0 radical (unpaired) electrons. The van der Waals surface area contributed by atoms with Gasteiger partial charge in [-0.15, -0.1) is 0 Å². The van der Waals surface area contributed by atoms with E-state index in [4.69, 9.17) is 32.4 Å². The van der Waals surface area contributed by atoms with Gasteiger partial charge in [0.15, 0.2) is 16.9 Å². The first kappa shape index (κ1) is 16.3. The van der Waals surface area contributed by atoms with E-state index >= 15 is 0 Å². The Morgan fingerprint density at radius 1 is 1.04 bits per heavy atom. The van der Waals surface area contributed by atoms with Crippen LogP contribution in [0.4, 0.5) is 0 Å². The van der Waals surface area contributed by atoms with Crippen LogP contribution in [0, 0.1) is 0 Å².